The zero-order valence-electron chi connectivity index (χ0n) is 23.7. The third kappa shape index (κ3) is 4.54. The summed E-state index contributed by atoms with van der Waals surface area (Å²) in [5.41, 5.74) is 5.49. The first-order chi connectivity index (χ1) is 20.3. The van der Waals surface area contributed by atoms with Crippen molar-refractivity contribution < 1.29 is 22.6 Å². The molecule has 0 N–H and O–H groups in total. The van der Waals surface area contributed by atoms with Crippen molar-refractivity contribution in [2.45, 2.75) is 36.8 Å². The number of benzene rings is 1. The van der Waals surface area contributed by atoms with E-state index in [-0.39, 0.29) is 23.0 Å². The fourth-order valence-electron chi connectivity index (χ4n) is 6.26. The van der Waals surface area contributed by atoms with Crippen molar-refractivity contribution >= 4 is 31.8 Å². The van der Waals surface area contributed by atoms with Gasteiger partial charge in [0.05, 0.1) is 53.3 Å². The van der Waals surface area contributed by atoms with Crippen LogP contribution in [0.25, 0.3) is 33.2 Å². The van der Waals surface area contributed by atoms with Crippen LogP contribution in [0.4, 0.5) is 0 Å². The van der Waals surface area contributed by atoms with Crippen LogP contribution in [-0.4, -0.2) is 76.7 Å². The molecule has 6 heterocycles. The Hall–Kier alpha value is -3.87. The fourth-order valence-corrected chi connectivity index (χ4v) is 7.05. The van der Waals surface area contributed by atoms with Crippen LogP contribution in [0.3, 0.4) is 0 Å². The Kier molecular flexibility index (Phi) is 6.71. The van der Waals surface area contributed by atoms with Gasteiger partial charge >= 0.3 is 0 Å². The lowest BCUT2D eigenvalue weighted by atomic mass is 9.86. The molecule has 0 amide bonds. The predicted molar refractivity (Wildman–Crippen MR) is 156 cm³/mol. The average molecular weight is 589 g/mol. The first kappa shape index (κ1) is 27.0. The fraction of sp³-hybridized carbons (Fsp3) is 0.400. The highest BCUT2D eigenvalue weighted by atomic mass is 32.2. The maximum atomic E-state index is 13.4. The van der Waals surface area contributed by atoms with Crippen LogP contribution >= 0.6 is 0 Å². The molecule has 0 radical (unpaired) electrons. The number of aryl methyl sites for hydroxylation is 2. The van der Waals surface area contributed by atoms with Crippen molar-refractivity contribution in [3.05, 3.63) is 60.0 Å². The molecule has 0 aliphatic carbocycles. The molecule has 0 unspecified atom stereocenters. The van der Waals surface area contributed by atoms with E-state index in [9.17, 15) is 8.42 Å². The van der Waals surface area contributed by atoms with Gasteiger partial charge in [-0.25, -0.2) is 18.1 Å². The maximum Gasteiger partial charge on any atom is 0.225 e. The van der Waals surface area contributed by atoms with Gasteiger partial charge in [-0.1, -0.05) is 35.5 Å². The molecule has 11 nitrogen and oxygen atoms in total. The normalized spacial score (nSPS) is 17.5. The molecular weight excluding hydrogens is 556 g/mol. The van der Waals surface area contributed by atoms with Crippen LogP contribution in [0.2, 0.25) is 0 Å². The number of hydrogen-bond acceptors (Lipinski definition) is 9. The van der Waals surface area contributed by atoms with Gasteiger partial charge in [0.2, 0.25) is 5.88 Å². The molecule has 2 fully saturated rings. The minimum Gasteiger partial charge on any atom is -0.469 e. The Balaban J connectivity index is 1.61. The third-order valence-corrected chi connectivity index (χ3v) is 9.37. The summed E-state index contributed by atoms with van der Waals surface area (Å²) in [6.45, 7) is 4.11. The second kappa shape index (κ2) is 10.4. The van der Waals surface area contributed by atoms with E-state index in [1.807, 2.05) is 32.2 Å². The molecule has 0 spiro atoms. The highest BCUT2D eigenvalue weighted by molar-refractivity contribution is 7.91. The van der Waals surface area contributed by atoms with Crippen molar-refractivity contribution in [2.75, 3.05) is 32.7 Å². The zero-order chi connectivity index (χ0) is 29.0. The lowest BCUT2D eigenvalue weighted by Gasteiger charge is -2.33. The van der Waals surface area contributed by atoms with Gasteiger partial charge in [-0.2, -0.15) is 0 Å². The van der Waals surface area contributed by atoms with Gasteiger partial charge in [-0.05, 0) is 37.3 Å². The van der Waals surface area contributed by atoms with Gasteiger partial charge in [-0.3, -0.25) is 4.98 Å². The number of hydrogen-bond donors (Lipinski definition) is 0. The summed E-state index contributed by atoms with van der Waals surface area (Å²) in [5, 5.41) is 9.03. The SMILES string of the molecule is Cc1nnn(C)c1-c1cnc2c3c(OC4COC4)ncc(S(C)(=O)=O)c3n([C@H](c3ccccc3)C3CCOCC3)c2c1. The Morgan fingerprint density at radius 3 is 2.45 bits per heavy atom. The van der Waals surface area contributed by atoms with Crippen molar-refractivity contribution in [3.8, 4) is 17.1 Å². The first-order valence-corrected chi connectivity index (χ1v) is 16.0. The Bertz CT molecular complexity index is 1870. The number of sulfone groups is 1. The lowest BCUT2D eigenvalue weighted by Crippen LogP contribution is -2.38. The molecule has 42 heavy (non-hydrogen) atoms. The van der Waals surface area contributed by atoms with E-state index in [1.54, 1.807) is 10.9 Å². The Morgan fingerprint density at radius 1 is 1.05 bits per heavy atom. The second-order valence-corrected chi connectivity index (χ2v) is 13.1. The predicted octanol–water partition coefficient (Wildman–Crippen LogP) is 3.89. The maximum absolute atomic E-state index is 13.4. The zero-order valence-corrected chi connectivity index (χ0v) is 24.5. The average Bonchev–Trinajstić information content (AvgIpc) is 3.47. The van der Waals surface area contributed by atoms with Crippen molar-refractivity contribution in [2.24, 2.45) is 13.0 Å². The largest absolute Gasteiger partial charge is 0.469 e. The van der Waals surface area contributed by atoms with Gasteiger partial charge in [0.25, 0.3) is 0 Å². The van der Waals surface area contributed by atoms with E-state index in [2.05, 4.69) is 38.1 Å². The van der Waals surface area contributed by atoms with E-state index in [4.69, 9.17) is 19.2 Å². The van der Waals surface area contributed by atoms with Crippen LogP contribution < -0.4 is 4.74 Å². The summed E-state index contributed by atoms with van der Waals surface area (Å²) in [6, 6.07) is 12.1. The van der Waals surface area contributed by atoms with Gasteiger partial charge in [-0.15, -0.1) is 5.10 Å². The number of rotatable bonds is 7. The van der Waals surface area contributed by atoms with Gasteiger partial charge < -0.3 is 18.8 Å². The summed E-state index contributed by atoms with van der Waals surface area (Å²) in [7, 11) is -1.84. The standard InChI is InChI=1S/C30H32N6O5S/c1-18-27(35(2)34-33-18)21-13-23-26(31-14-21)25-29(24(42(3,37)38)15-32-30(25)41-22-16-40-17-22)36(23)28(19-7-5-4-6-8-19)20-9-11-39-12-10-20/h4-8,13-15,20,22,28H,9-12,16-17H2,1-3H3/t28-/m1/s1. The quantitative estimate of drug-likeness (QED) is 0.279. The Morgan fingerprint density at radius 2 is 1.81 bits per heavy atom. The monoisotopic (exact) mass is 588 g/mol. The van der Waals surface area contributed by atoms with Crippen molar-refractivity contribution in [1.29, 1.82) is 0 Å². The third-order valence-electron chi connectivity index (χ3n) is 8.27. The molecule has 0 bridgehead atoms. The number of pyridine rings is 2. The molecule has 218 valence electrons. The van der Waals surface area contributed by atoms with Crippen LogP contribution in [0, 0.1) is 12.8 Å². The summed E-state index contributed by atoms with van der Waals surface area (Å²) in [4.78, 5) is 9.65. The first-order valence-electron chi connectivity index (χ1n) is 14.1. The van der Waals surface area contributed by atoms with Gasteiger partial charge in [0, 0.05) is 38.3 Å². The Labute approximate surface area is 243 Å². The van der Waals surface area contributed by atoms with Crippen LogP contribution in [-0.2, 0) is 26.4 Å². The van der Waals surface area contributed by atoms with E-state index in [0.29, 0.717) is 48.7 Å². The molecule has 1 atom stereocenters. The highest BCUT2D eigenvalue weighted by Gasteiger charge is 2.34. The molecule has 7 rings (SSSR count). The molecule has 2 aliphatic rings. The number of fused-ring (bicyclic) bond motifs is 3. The summed E-state index contributed by atoms with van der Waals surface area (Å²) in [5.74, 6) is 0.542. The molecule has 4 aromatic heterocycles. The highest BCUT2D eigenvalue weighted by Crippen LogP contribution is 2.45. The van der Waals surface area contributed by atoms with E-state index >= 15 is 0 Å². The van der Waals surface area contributed by atoms with Crippen LogP contribution in [0.5, 0.6) is 5.88 Å². The molecule has 5 aromatic rings. The molecular formula is C30H32N6O5S. The minimum atomic E-state index is -3.69. The summed E-state index contributed by atoms with van der Waals surface area (Å²) in [6.07, 6.45) is 5.94. The van der Waals surface area contributed by atoms with Gasteiger partial charge in [0.15, 0.2) is 9.84 Å². The van der Waals surface area contributed by atoms with E-state index < -0.39 is 9.84 Å². The van der Waals surface area contributed by atoms with Crippen LogP contribution in [0.1, 0.15) is 30.1 Å². The van der Waals surface area contributed by atoms with Gasteiger partial charge in [0.1, 0.15) is 16.5 Å². The molecule has 0 saturated carbocycles. The van der Waals surface area contributed by atoms with E-state index in [1.165, 1.54) is 12.5 Å². The molecule has 1 aromatic carbocycles. The summed E-state index contributed by atoms with van der Waals surface area (Å²) >= 11 is 0. The molecule has 2 saturated heterocycles. The topological polar surface area (TPSA) is 123 Å². The lowest BCUT2D eigenvalue weighted by molar-refractivity contribution is -0.0807. The number of nitrogens with zero attached hydrogens (tertiary/aromatic N) is 6. The van der Waals surface area contributed by atoms with E-state index in [0.717, 1.165) is 40.9 Å². The molecule has 2 aliphatic heterocycles. The van der Waals surface area contributed by atoms with Crippen molar-refractivity contribution in [1.82, 2.24) is 29.5 Å². The second-order valence-electron chi connectivity index (χ2n) is 11.1. The number of aromatic nitrogens is 6. The van der Waals surface area contributed by atoms with Crippen LogP contribution in [0.15, 0.2) is 53.7 Å². The molecule has 12 heteroatoms. The summed E-state index contributed by atoms with van der Waals surface area (Å²) < 4.78 is 48.1. The number of ether oxygens (including phenoxy) is 3. The van der Waals surface area contributed by atoms with Crippen molar-refractivity contribution in [3.63, 3.8) is 0 Å². The smallest absolute Gasteiger partial charge is 0.225 e. The minimum absolute atomic E-state index is 0.139.